The van der Waals surface area contributed by atoms with Crippen molar-refractivity contribution < 1.29 is 28.6 Å². The lowest BCUT2D eigenvalue weighted by Crippen LogP contribution is -2.29. The Hall–Kier alpha value is -5.78. The number of ether oxygens (including phenoxy) is 2. The van der Waals surface area contributed by atoms with Crippen molar-refractivity contribution in [1.82, 2.24) is 10.2 Å². The minimum absolute atomic E-state index is 0.0962. The highest BCUT2D eigenvalue weighted by Crippen LogP contribution is 2.45. The van der Waals surface area contributed by atoms with Crippen molar-refractivity contribution in [3.8, 4) is 17.2 Å². The van der Waals surface area contributed by atoms with E-state index in [1.807, 2.05) is 61.5 Å². The molecule has 1 saturated heterocycles. The number of carbonyl (C=O) groups is 2. The minimum Gasteiger partial charge on any atom is -0.507 e. The van der Waals surface area contributed by atoms with Gasteiger partial charge in [-0.05, 0) is 89.8 Å². The molecule has 0 bridgehead atoms. The average Bonchev–Trinajstić information content (AvgIpc) is 3.73. The van der Waals surface area contributed by atoms with Crippen molar-refractivity contribution in [2.24, 2.45) is 0 Å². The molecule has 1 unspecified atom stereocenters. The molecule has 7 rings (SSSR count). The van der Waals surface area contributed by atoms with Crippen LogP contribution < -0.4 is 14.4 Å². The van der Waals surface area contributed by atoms with Crippen LogP contribution in [0.4, 0.5) is 9.52 Å². The van der Waals surface area contributed by atoms with Gasteiger partial charge < -0.3 is 14.6 Å². The van der Waals surface area contributed by atoms with Crippen molar-refractivity contribution in [1.29, 1.82) is 0 Å². The molecule has 0 spiro atoms. The first-order chi connectivity index (χ1) is 24.8. The van der Waals surface area contributed by atoms with E-state index in [1.165, 1.54) is 28.8 Å². The fraction of sp³-hybridized carbons (Fsp3) is 0.100. The minimum atomic E-state index is -1.04. The SMILES string of the molecule is Cc1ccccc1COc1ccc(C(O)=C2C(=O)C(=O)N(c3nnc(SCc4ccc(F)cc4)s3)C2c2cccc(Oc3ccccc3)c2)cc1. The first-order valence-corrected chi connectivity index (χ1v) is 17.8. The van der Waals surface area contributed by atoms with E-state index in [4.69, 9.17) is 9.47 Å². The zero-order chi connectivity index (χ0) is 35.3. The Kier molecular flexibility index (Phi) is 9.91. The number of aryl methyl sites for hydroxylation is 1. The maximum absolute atomic E-state index is 13.8. The number of hydrogen-bond acceptors (Lipinski definition) is 9. The van der Waals surface area contributed by atoms with Gasteiger partial charge in [-0.2, -0.15) is 0 Å². The third-order valence-corrected chi connectivity index (χ3v) is 10.4. The zero-order valence-electron chi connectivity index (χ0n) is 27.2. The molecule has 1 aliphatic heterocycles. The van der Waals surface area contributed by atoms with E-state index in [9.17, 15) is 19.1 Å². The Morgan fingerprint density at radius 2 is 1.57 bits per heavy atom. The Labute approximate surface area is 301 Å². The quantitative estimate of drug-likeness (QED) is 0.0466. The Morgan fingerprint density at radius 3 is 2.33 bits per heavy atom. The molecule has 8 nitrogen and oxygen atoms in total. The molecule has 11 heteroatoms. The van der Waals surface area contributed by atoms with Gasteiger partial charge in [-0.3, -0.25) is 14.5 Å². The van der Waals surface area contributed by atoms with Gasteiger partial charge in [0, 0.05) is 11.3 Å². The van der Waals surface area contributed by atoms with Crippen molar-refractivity contribution in [2.75, 3.05) is 4.90 Å². The summed E-state index contributed by atoms with van der Waals surface area (Å²) in [6.07, 6.45) is 0. The normalized spacial score (nSPS) is 15.3. The number of aromatic nitrogens is 2. The maximum Gasteiger partial charge on any atom is 0.301 e. The van der Waals surface area contributed by atoms with E-state index in [1.54, 1.807) is 60.7 Å². The van der Waals surface area contributed by atoms with Gasteiger partial charge in [0.2, 0.25) is 5.13 Å². The molecule has 1 amide bonds. The number of carbonyl (C=O) groups excluding carboxylic acids is 2. The first kappa shape index (κ1) is 33.7. The van der Waals surface area contributed by atoms with Crippen LogP contribution in [0.25, 0.3) is 5.76 Å². The summed E-state index contributed by atoms with van der Waals surface area (Å²) in [4.78, 5) is 28.9. The van der Waals surface area contributed by atoms with E-state index in [0.717, 1.165) is 28.0 Å². The third-order valence-electron chi connectivity index (χ3n) is 8.26. The van der Waals surface area contributed by atoms with Crippen molar-refractivity contribution >= 4 is 45.7 Å². The highest BCUT2D eigenvalue weighted by Gasteiger charge is 2.48. The summed E-state index contributed by atoms with van der Waals surface area (Å²) in [6.45, 7) is 2.39. The number of halogens is 1. The van der Waals surface area contributed by atoms with Gasteiger partial charge in [-0.15, -0.1) is 10.2 Å². The van der Waals surface area contributed by atoms with Gasteiger partial charge in [-0.1, -0.05) is 89.8 Å². The van der Waals surface area contributed by atoms with Gasteiger partial charge in [0.1, 0.15) is 35.4 Å². The van der Waals surface area contributed by atoms with Crippen LogP contribution in [-0.4, -0.2) is 27.0 Å². The van der Waals surface area contributed by atoms with Gasteiger partial charge in [0.05, 0.1) is 11.6 Å². The predicted molar refractivity (Wildman–Crippen MR) is 196 cm³/mol. The van der Waals surface area contributed by atoms with Crippen LogP contribution in [0.3, 0.4) is 0 Å². The number of Topliss-reactive ketones (excluding diaryl/α,β-unsaturated/α-hetero) is 1. The molecule has 1 aliphatic rings. The van der Waals surface area contributed by atoms with E-state index in [-0.39, 0.29) is 22.3 Å². The number of anilines is 1. The standard InChI is InChI=1S/C40H30FN3O5S2/c1-25-8-5-6-9-29(25)23-48-31-20-16-27(17-21-31)36(45)34-35(28-10-7-13-33(22-28)49-32-11-3-2-4-12-32)44(38(47)37(34)46)39-42-43-40(51-39)50-24-26-14-18-30(41)19-15-26/h2-22,35,45H,23-24H2,1H3. The summed E-state index contributed by atoms with van der Waals surface area (Å²) in [6, 6.07) is 36.1. The molecule has 1 fully saturated rings. The lowest BCUT2D eigenvalue weighted by molar-refractivity contribution is -0.132. The second-order valence-corrected chi connectivity index (χ2v) is 13.8. The van der Waals surface area contributed by atoms with E-state index in [2.05, 4.69) is 10.2 Å². The van der Waals surface area contributed by atoms with Crippen molar-refractivity contribution in [3.63, 3.8) is 0 Å². The monoisotopic (exact) mass is 715 g/mol. The molecular formula is C40H30FN3O5S2. The average molecular weight is 716 g/mol. The van der Waals surface area contributed by atoms with Gasteiger partial charge in [0.25, 0.3) is 5.78 Å². The highest BCUT2D eigenvalue weighted by atomic mass is 32.2. The summed E-state index contributed by atoms with van der Waals surface area (Å²) < 4.78 is 26.0. The van der Waals surface area contributed by atoms with Crippen LogP contribution in [0.5, 0.6) is 17.2 Å². The summed E-state index contributed by atoms with van der Waals surface area (Å²) in [5, 5.41) is 20.5. The number of aliphatic hydroxyl groups excluding tert-OH is 1. The van der Waals surface area contributed by atoms with E-state index < -0.39 is 17.7 Å². The Morgan fingerprint density at radius 1 is 0.843 bits per heavy atom. The maximum atomic E-state index is 13.8. The fourth-order valence-electron chi connectivity index (χ4n) is 5.60. The largest absolute Gasteiger partial charge is 0.507 e. The molecule has 254 valence electrons. The van der Waals surface area contributed by atoms with Gasteiger partial charge >= 0.3 is 5.91 Å². The molecule has 6 aromatic rings. The number of amides is 1. The molecule has 5 aromatic carbocycles. The number of para-hydroxylation sites is 1. The first-order valence-electron chi connectivity index (χ1n) is 16.0. The van der Waals surface area contributed by atoms with Gasteiger partial charge in [0.15, 0.2) is 4.34 Å². The summed E-state index contributed by atoms with van der Waals surface area (Å²) in [5.74, 6) is -0.192. The van der Waals surface area contributed by atoms with Crippen molar-refractivity contribution in [3.05, 3.63) is 167 Å². The number of nitrogens with zero attached hydrogens (tertiary/aromatic N) is 3. The van der Waals surface area contributed by atoms with Crippen LogP contribution in [0.1, 0.15) is 33.9 Å². The summed E-state index contributed by atoms with van der Waals surface area (Å²) in [7, 11) is 0. The molecule has 2 heterocycles. The summed E-state index contributed by atoms with van der Waals surface area (Å²) >= 11 is 2.52. The second kappa shape index (κ2) is 15.0. The topological polar surface area (TPSA) is 102 Å². The van der Waals surface area contributed by atoms with Crippen LogP contribution in [-0.2, 0) is 21.9 Å². The number of benzene rings is 5. The predicted octanol–water partition coefficient (Wildman–Crippen LogP) is 9.28. The highest BCUT2D eigenvalue weighted by molar-refractivity contribution is 8.00. The van der Waals surface area contributed by atoms with Crippen LogP contribution in [0.2, 0.25) is 0 Å². The van der Waals surface area contributed by atoms with Gasteiger partial charge in [-0.25, -0.2) is 4.39 Å². The van der Waals surface area contributed by atoms with E-state index >= 15 is 0 Å². The molecule has 1 aromatic heterocycles. The number of hydrogen-bond donors (Lipinski definition) is 1. The second-order valence-electron chi connectivity index (χ2n) is 11.7. The molecular weight excluding hydrogens is 686 g/mol. The van der Waals surface area contributed by atoms with E-state index in [0.29, 0.717) is 45.1 Å². The number of thioether (sulfide) groups is 1. The molecule has 0 saturated carbocycles. The molecule has 0 aliphatic carbocycles. The Balaban J connectivity index is 1.22. The number of aliphatic hydroxyl groups is 1. The third kappa shape index (κ3) is 7.54. The van der Waals surface area contributed by atoms with Crippen LogP contribution >= 0.6 is 23.1 Å². The molecule has 51 heavy (non-hydrogen) atoms. The fourth-order valence-corrected chi connectivity index (χ4v) is 7.42. The summed E-state index contributed by atoms with van der Waals surface area (Å²) in [5.41, 5.74) is 3.82. The molecule has 1 N–H and O–H groups in total. The lowest BCUT2D eigenvalue weighted by atomic mass is 9.95. The lowest BCUT2D eigenvalue weighted by Gasteiger charge is -2.23. The molecule has 0 radical (unpaired) electrons. The van der Waals surface area contributed by atoms with Crippen LogP contribution in [0.15, 0.2) is 137 Å². The Bertz CT molecular complexity index is 2220. The smallest absolute Gasteiger partial charge is 0.301 e. The zero-order valence-corrected chi connectivity index (χ0v) is 28.9. The number of rotatable bonds is 11. The van der Waals surface area contributed by atoms with Crippen molar-refractivity contribution in [2.45, 2.75) is 29.7 Å². The van der Waals surface area contributed by atoms with Crippen LogP contribution in [0, 0.1) is 12.7 Å². The number of ketones is 1. The molecule has 1 atom stereocenters.